The lowest BCUT2D eigenvalue weighted by Gasteiger charge is -2.14. The molecule has 0 radical (unpaired) electrons. The third-order valence-electron chi connectivity index (χ3n) is 10.9. The van der Waals surface area contributed by atoms with Crippen LogP contribution in [0.3, 0.4) is 0 Å². The minimum Gasteiger partial charge on any atom is -0.493 e. The molecule has 1 aliphatic carbocycles. The molecular weight excluding hydrogens is 909 g/mol. The van der Waals surface area contributed by atoms with E-state index in [-0.39, 0.29) is 23.7 Å². The smallest absolute Gasteiger partial charge is 0.163 e. The quantitative estimate of drug-likeness (QED) is 0.0163. The van der Waals surface area contributed by atoms with E-state index < -0.39 is 0 Å². The van der Waals surface area contributed by atoms with Crippen LogP contribution < -0.4 is 32.4 Å². The first-order valence-corrected chi connectivity index (χ1v) is 26.6. The first-order valence-electron chi connectivity index (χ1n) is 26.2. The number of hydrogen-bond donors (Lipinski definition) is 4. The number of nitrogen functional groups attached to an aromatic ring is 1. The molecule has 72 heavy (non-hydrogen) atoms. The summed E-state index contributed by atoms with van der Waals surface area (Å²) in [6, 6.07) is 19.9. The van der Waals surface area contributed by atoms with Gasteiger partial charge in [0.1, 0.15) is 18.1 Å². The van der Waals surface area contributed by atoms with Crippen molar-refractivity contribution in [2.75, 3.05) is 25.5 Å². The van der Waals surface area contributed by atoms with Gasteiger partial charge < -0.3 is 32.4 Å². The average molecular weight is 1000 g/mol. The normalized spacial score (nSPS) is 12.8. The highest BCUT2D eigenvalue weighted by molar-refractivity contribution is 7.80. The highest BCUT2D eigenvalue weighted by Gasteiger charge is 2.27. The number of fused-ring (bicyclic) bond motifs is 2. The molecule has 0 atom stereocenters. The van der Waals surface area contributed by atoms with E-state index >= 15 is 0 Å². The van der Waals surface area contributed by atoms with E-state index in [4.69, 9.17) is 32.4 Å². The summed E-state index contributed by atoms with van der Waals surface area (Å²) in [5, 5.41) is 3.87. The van der Waals surface area contributed by atoms with Crippen LogP contribution in [0, 0.1) is 18.8 Å². The summed E-state index contributed by atoms with van der Waals surface area (Å²) in [7, 11) is 0. The Kier molecular flexibility index (Phi) is 35.5. The van der Waals surface area contributed by atoms with Crippen LogP contribution >= 0.6 is 12.2 Å². The van der Waals surface area contributed by atoms with E-state index in [2.05, 4.69) is 91.6 Å². The molecule has 1 saturated carbocycles. The van der Waals surface area contributed by atoms with Crippen molar-refractivity contribution in [1.29, 1.82) is 0 Å². The minimum absolute atomic E-state index is 0.203. The van der Waals surface area contributed by atoms with Gasteiger partial charge in [0, 0.05) is 33.1 Å². The van der Waals surface area contributed by atoms with E-state index in [1.54, 1.807) is 13.8 Å². The molecule has 5 rings (SSSR count). The molecule has 0 amide bonds. The van der Waals surface area contributed by atoms with E-state index in [1.807, 2.05) is 86.7 Å². The fourth-order valence-electron chi connectivity index (χ4n) is 7.58. The number of benzene rings is 4. The summed E-state index contributed by atoms with van der Waals surface area (Å²) < 4.78 is 12.1. The molecule has 1 fully saturated rings. The van der Waals surface area contributed by atoms with E-state index in [1.165, 1.54) is 58.8 Å². The number of Topliss-reactive ketones (excluding diaryl/α,β-unsaturated/α-hetero) is 2. The molecule has 0 heterocycles. The molecule has 0 aromatic heterocycles. The first kappa shape index (κ1) is 66.0. The summed E-state index contributed by atoms with van der Waals surface area (Å²) in [5.41, 5.74) is 30.9. The fraction of sp³-hybridized carbons (Fsp3) is 0.444. The predicted molar refractivity (Wildman–Crippen MR) is 320 cm³/mol. The number of allylic oxidation sites excluding steroid dienone is 9. The lowest BCUT2D eigenvalue weighted by Crippen LogP contribution is -2.10. The van der Waals surface area contributed by atoms with Crippen LogP contribution in [-0.2, 0) is 9.59 Å². The molecule has 394 valence electrons. The highest BCUT2D eigenvalue weighted by Crippen LogP contribution is 2.40. The predicted octanol–water partition coefficient (Wildman–Crippen LogP) is 16.1. The number of nitrogens with two attached hydrogens (primary N) is 4. The second kappa shape index (κ2) is 38.7. The topological polar surface area (TPSA) is 157 Å². The Morgan fingerprint density at radius 1 is 0.667 bits per heavy atom. The number of hydrogen-bond acceptors (Lipinski definition) is 8. The van der Waals surface area contributed by atoms with Crippen LogP contribution in [0.25, 0.3) is 32.8 Å². The average Bonchev–Trinajstić information content (AvgIpc) is 3.73. The van der Waals surface area contributed by atoms with Gasteiger partial charge in [-0.25, -0.2) is 0 Å². The Labute approximate surface area is 441 Å². The Bertz CT molecular complexity index is 2500. The lowest BCUT2D eigenvalue weighted by atomic mass is 9.92. The van der Waals surface area contributed by atoms with Crippen LogP contribution in [0.5, 0.6) is 11.5 Å². The van der Waals surface area contributed by atoms with Crippen molar-refractivity contribution in [3.05, 3.63) is 124 Å². The zero-order chi connectivity index (χ0) is 54.6. The standard InChI is InChI=1S/C46H48N2O4.2C5H12.C3H8.C2H5NS.C2H7N/c1-7-9-27-51-41-25-18-30(4)43-36(14-12-15-37(41)43)39(47)23-22-34-21-20-33(45(34)44(31(5)49)32(6)50)19-17-29(3)35-13-11-16-38-42(52-28-10-8-2)26-24-40(48)46(35)38;2*1-3-5-4-2;1-3-2;1-2(3)4;1-2-3/h11-19,22-26H,7,9,20-21,27-28,47-48H2,1-6H3;2*3-5H2,1-2H3;3H2,1-2H3;1H3,(H2,3,4);2-3H2,1H3/b29-17-,33-19+,34-22-,39-23+;;;;;. The second-order valence-corrected chi connectivity index (χ2v) is 18.2. The van der Waals surface area contributed by atoms with Crippen LogP contribution in [0.15, 0.2) is 107 Å². The lowest BCUT2D eigenvalue weighted by molar-refractivity contribution is -0.119. The maximum absolute atomic E-state index is 13.0. The van der Waals surface area contributed by atoms with Crippen LogP contribution in [0.1, 0.15) is 177 Å². The molecule has 1 aliphatic rings. The maximum Gasteiger partial charge on any atom is 0.163 e. The Morgan fingerprint density at radius 3 is 1.60 bits per heavy atom. The number of rotatable bonds is 16. The van der Waals surface area contributed by atoms with E-state index in [0.717, 1.165) is 85.8 Å². The molecule has 0 unspecified atom stereocenters. The number of carbonyl (C=O) groups excluding carboxylic acids is 2. The molecule has 4 aromatic rings. The summed E-state index contributed by atoms with van der Waals surface area (Å²) >= 11 is 4.31. The van der Waals surface area contributed by atoms with E-state index in [0.29, 0.717) is 41.4 Å². The highest BCUT2D eigenvalue weighted by atomic mass is 32.1. The summed E-state index contributed by atoms with van der Waals surface area (Å²) in [5.74, 6) is 6.84. The molecular formula is C63H92N4O4S. The van der Waals surface area contributed by atoms with Gasteiger partial charge in [0.2, 0.25) is 0 Å². The third kappa shape index (κ3) is 23.1. The Balaban J connectivity index is 0.00000215. The zero-order valence-corrected chi connectivity index (χ0v) is 47.6. The van der Waals surface area contributed by atoms with Gasteiger partial charge in [-0.15, -0.1) is 5.92 Å². The maximum atomic E-state index is 13.0. The van der Waals surface area contributed by atoms with Crippen molar-refractivity contribution in [1.82, 2.24) is 0 Å². The van der Waals surface area contributed by atoms with Crippen molar-refractivity contribution >= 4 is 67.3 Å². The molecule has 0 aliphatic heterocycles. The Hall–Kier alpha value is -5.95. The number of carbonyl (C=O) groups is 2. The number of ether oxygens (including phenoxy) is 2. The van der Waals surface area contributed by atoms with E-state index in [9.17, 15) is 9.59 Å². The third-order valence-corrected chi connectivity index (χ3v) is 10.9. The van der Waals surface area contributed by atoms with Gasteiger partial charge in [-0.2, -0.15) is 0 Å². The van der Waals surface area contributed by atoms with Crippen molar-refractivity contribution in [2.45, 2.75) is 168 Å². The van der Waals surface area contributed by atoms with Gasteiger partial charge in [-0.1, -0.05) is 186 Å². The molecule has 4 aromatic carbocycles. The van der Waals surface area contributed by atoms with Crippen LogP contribution in [0.4, 0.5) is 5.69 Å². The number of ketones is 2. The van der Waals surface area contributed by atoms with Gasteiger partial charge in [0.05, 0.1) is 17.2 Å². The van der Waals surface area contributed by atoms with Crippen molar-refractivity contribution < 1.29 is 19.1 Å². The summed E-state index contributed by atoms with van der Waals surface area (Å²) in [6.07, 6.45) is 20.7. The second-order valence-electron chi connectivity index (χ2n) is 17.6. The zero-order valence-electron chi connectivity index (χ0n) is 46.8. The van der Waals surface area contributed by atoms with Gasteiger partial charge in [0.15, 0.2) is 11.6 Å². The van der Waals surface area contributed by atoms with Crippen molar-refractivity contribution in [3.63, 3.8) is 0 Å². The molecule has 9 heteroatoms. The number of aryl methyl sites for hydroxylation is 1. The molecule has 0 spiro atoms. The molecule has 8 nitrogen and oxygen atoms in total. The number of thiocarbonyl (C=S) groups is 1. The number of unbranched alkanes of at least 4 members (excludes halogenated alkanes) is 5. The van der Waals surface area contributed by atoms with Gasteiger partial charge >= 0.3 is 0 Å². The summed E-state index contributed by atoms with van der Waals surface area (Å²) in [4.78, 5) is 26.4. The number of anilines is 1. The van der Waals surface area contributed by atoms with Gasteiger partial charge in [0.25, 0.3) is 0 Å². The van der Waals surface area contributed by atoms with Gasteiger partial charge in [-0.05, 0) is 130 Å². The molecule has 8 N–H and O–H groups in total. The largest absolute Gasteiger partial charge is 0.493 e. The van der Waals surface area contributed by atoms with Crippen molar-refractivity contribution in [2.24, 2.45) is 17.2 Å². The Morgan fingerprint density at radius 2 is 1.12 bits per heavy atom. The fourth-order valence-corrected chi connectivity index (χ4v) is 7.58. The minimum atomic E-state index is -0.263. The van der Waals surface area contributed by atoms with Crippen LogP contribution in [-0.4, -0.2) is 36.3 Å². The molecule has 0 bridgehead atoms. The van der Waals surface area contributed by atoms with Gasteiger partial charge in [-0.3, -0.25) is 9.59 Å². The monoisotopic (exact) mass is 1000 g/mol. The van der Waals surface area contributed by atoms with Crippen molar-refractivity contribution in [3.8, 4) is 23.3 Å². The van der Waals surface area contributed by atoms with Crippen LogP contribution in [0.2, 0.25) is 0 Å². The first-order chi connectivity index (χ1) is 34.5. The molecule has 0 saturated heterocycles. The SMILES string of the molecule is CC#CCOc1ccc(N)c2c(/C(C)=C\C=C3/CC/C(=C/C=C(/N)c4cccc5c(OCCCC)ccc(C)c45)C3=C(C(C)=O)C(C)=O)cccc12.CC(N)=S.CCC.CCCCC.CCCCC.CCN. The summed E-state index contributed by atoms with van der Waals surface area (Å²) in [6.45, 7) is 29.3.